The summed E-state index contributed by atoms with van der Waals surface area (Å²) in [5.74, 6) is 0.656. The van der Waals surface area contributed by atoms with Crippen molar-refractivity contribution in [3.63, 3.8) is 0 Å². The topological polar surface area (TPSA) is 59.8 Å². The lowest BCUT2D eigenvalue weighted by atomic mass is 10.0. The number of pyridine rings is 1. The molecule has 4 rings (SSSR count). The number of nitrogens with one attached hydrogen (secondary N) is 1. The zero-order chi connectivity index (χ0) is 18.6. The van der Waals surface area contributed by atoms with Crippen molar-refractivity contribution in [2.75, 3.05) is 5.32 Å². The van der Waals surface area contributed by atoms with Crippen LogP contribution in [-0.4, -0.2) is 20.4 Å². The fourth-order valence-corrected chi connectivity index (χ4v) is 3.83. The number of amides is 1. The molecule has 2 aromatic heterocycles. The minimum Gasteiger partial charge on any atom is -0.322 e. The van der Waals surface area contributed by atoms with Crippen molar-refractivity contribution >= 4 is 34.4 Å². The van der Waals surface area contributed by atoms with Gasteiger partial charge in [0.2, 0.25) is 5.91 Å². The van der Waals surface area contributed by atoms with Crippen molar-refractivity contribution in [1.82, 2.24) is 14.5 Å². The Morgan fingerprint density at radius 2 is 2.12 bits per heavy atom. The van der Waals surface area contributed by atoms with Crippen LogP contribution in [-0.2, 0) is 16.8 Å². The van der Waals surface area contributed by atoms with Crippen LogP contribution in [0, 0.1) is 5.82 Å². The number of aryl methyl sites for hydroxylation is 1. The third kappa shape index (κ3) is 2.65. The molecule has 26 heavy (non-hydrogen) atoms. The smallest absolute Gasteiger partial charge is 0.222 e. The van der Waals surface area contributed by atoms with Crippen LogP contribution in [0.1, 0.15) is 33.0 Å². The standard InChI is InChI=1S/C19H18ClFN4O/c1-10(26)23-16-8-12(13(20)9-22-16)11-6-14(21)18-15(7-11)25-17(24-18)4-5-19(25,2)3/h6-9H,4-5H2,1-3H3,(H,22,23,26). The van der Waals surface area contributed by atoms with E-state index in [0.29, 0.717) is 27.5 Å². The van der Waals surface area contributed by atoms with Gasteiger partial charge in [0.15, 0.2) is 5.82 Å². The van der Waals surface area contributed by atoms with Gasteiger partial charge < -0.3 is 9.88 Å². The molecule has 0 bridgehead atoms. The highest BCUT2D eigenvalue weighted by Crippen LogP contribution is 2.39. The molecule has 0 atom stereocenters. The van der Waals surface area contributed by atoms with Crippen LogP contribution < -0.4 is 5.32 Å². The summed E-state index contributed by atoms with van der Waals surface area (Å²) >= 11 is 6.30. The van der Waals surface area contributed by atoms with Gasteiger partial charge in [0, 0.05) is 30.6 Å². The number of fused-ring (bicyclic) bond motifs is 3. The average Bonchev–Trinajstić information content (AvgIpc) is 3.07. The number of anilines is 1. The lowest BCUT2D eigenvalue weighted by molar-refractivity contribution is -0.114. The molecule has 3 aromatic rings. The maximum atomic E-state index is 14.8. The van der Waals surface area contributed by atoms with Crippen molar-refractivity contribution in [3.8, 4) is 11.1 Å². The molecular weight excluding hydrogens is 355 g/mol. The highest BCUT2D eigenvalue weighted by molar-refractivity contribution is 6.33. The second-order valence-electron chi connectivity index (χ2n) is 7.23. The Balaban J connectivity index is 1.92. The molecule has 7 heteroatoms. The van der Waals surface area contributed by atoms with Crippen molar-refractivity contribution in [2.24, 2.45) is 0 Å². The summed E-state index contributed by atoms with van der Waals surface area (Å²) in [6.45, 7) is 5.66. The molecule has 0 radical (unpaired) electrons. The van der Waals surface area contributed by atoms with E-state index in [2.05, 4.69) is 33.7 Å². The Labute approximate surface area is 155 Å². The van der Waals surface area contributed by atoms with Crippen LogP contribution >= 0.6 is 11.6 Å². The van der Waals surface area contributed by atoms with Crippen LogP contribution in [0.5, 0.6) is 0 Å². The van der Waals surface area contributed by atoms with Gasteiger partial charge in [0.25, 0.3) is 0 Å². The molecule has 0 fully saturated rings. The van der Waals surface area contributed by atoms with Crippen LogP contribution in [0.25, 0.3) is 22.2 Å². The first-order chi connectivity index (χ1) is 12.3. The number of hydrogen-bond acceptors (Lipinski definition) is 3. The maximum Gasteiger partial charge on any atom is 0.222 e. The number of carbonyl (C=O) groups is 1. The molecular formula is C19H18ClFN4O. The molecule has 1 amide bonds. The Hall–Kier alpha value is -2.47. The quantitative estimate of drug-likeness (QED) is 0.718. The second kappa shape index (κ2) is 5.77. The summed E-state index contributed by atoms with van der Waals surface area (Å²) in [5.41, 5.74) is 2.26. The van der Waals surface area contributed by atoms with Gasteiger partial charge in [-0.2, -0.15) is 0 Å². The van der Waals surface area contributed by atoms with E-state index in [-0.39, 0.29) is 17.3 Å². The van der Waals surface area contributed by atoms with Crippen molar-refractivity contribution in [1.29, 1.82) is 0 Å². The van der Waals surface area contributed by atoms with Crippen LogP contribution in [0.3, 0.4) is 0 Å². The molecule has 134 valence electrons. The molecule has 1 N–H and O–H groups in total. The van der Waals surface area contributed by atoms with Gasteiger partial charge in [0.1, 0.15) is 17.2 Å². The van der Waals surface area contributed by atoms with Gasteiger partial charge in [-0.3, -0.25) is 4.79 Å². The SMILES string of the molecule is CC(=O)Nc1cc(-c2cc(F)c3nc4n(c3c2)C(C)(C)CC4)c(Cl)cn1. The summed E-state index contributed by atoms with van der Waals surface area (Å²) in [4.78, 5) is 19.9. The van der Waals surface area contributed by atoms with E-state index < -0.39 is 0 Å². The Morgan fingerprint density at radius 1 is 1.35 bits per heavy atom. The molecule has 0 saturated heterocycles. The molecule has 3 heterocycles. The van der Waals surface area contributed by atoms with E-state index >= 15 is 0 Å². The predicted octanol–water partition coefficient (Wildman–Crippen LogP) is 4.53. The summed E-state index contributed by atoms with van der Waals surface area (Å²) in [6, 6.07) is 4.98. The van der Waals surface area contributed by atoms with Gasteiger partial charge in [-0.1, -0.05) is 11.6 Å². The van der Waals surface area contributed by atoms with Gasteiger partial charge in [0.05, 0.1) is 10.5 Å². The monoisotopic (exact) mass is 372 g/mol. The number of halogens is 2. The normalized spacial score (nSPS) is 15.3. The van der Waals surface area contributed by atoms with E-state index in [4.69, 9.17) is 11.6 Å². The summed E-state index contributed by atoms with van der Waals surface area (Å²) in [6.07, 6.45) is 3.26. The Bertz CT molecular complexity index is 1060. The van der Waals surface area contributed by atoms with E-state index in [1.807, 2.05) is 6.07 Å². The number of hydrogen-bond donors (Lipinski definition) is 1. The fraction of sp³-hybridized carbons (Fsp3) is 0.316. The second-order valence-corrected chi connectivity index (χ2v) is 7.64. The lowest BCUT2D eigenvalue weighted by Gasteiger charge is -2.22. The number of rotatable bonds is 2. The highest BCUT2D eigenvalue weighted by Gasteiger charge is 2.33. The first kappa shape index (κ1) is 17.0. The van der Waals surface area contributed by atoms with Crippen molar-refractivity contribution < 1.29 is 9.18 Å². The summed E-state index contributed by atoms with van der Waals surface area (Å²) < 4.78 is 16.9. The Morgan fingerprint density at radius 3 is 2.85 bits per heavy atom. The number of benzene rings is 1. The number of nitrogens with zero attached hydrogens (tertiary/aromatic N) is 3. The molecule has 0 spiro atoms. The van der Waals surface area contributed by atoms with Gasteiger partial charge >= 0.3 is 0 Å². The van der Waals surface area contributed by atoms with Crippen molar-refractivity contribution in [2.45, 2.75) is 39.2 Å². The minimum absolute atomic E-state index is 0.113. The third-order valence-electron chi connectivity index (χ3n) is 4.82. The molecule has 0 saturated carbocycles. The summed E-state index contributed by atoms with van der Waals surface area (Å²) in [7, 11) is 0. The van der Waals surface area contributed by atoms with E-state index in [9.17, 15) is 9.18 Å². The van der Waals surface area contributed by atoms with Crippen molar-refractivity contribution in [3.05, 3.63) is 41.1 Å². The average molecular weight is 373 g/mol. The zero-order valence-electron chi connectivity index (χ0n) is 14.7. The largest absolute Gasteiger partial charge is 0.322 e. The van der Waals surface area contributed by atoms with E-state index in [0.717, 1.165) is 24.2 Å². The molecule has 1 aromatic carbocycles. The number of carbonyl (C=O) groups excluding carboxylic acids is 1. The molecule has 1 aliphatic rings. The maximum absolute atomic E-state index is 14.8. The zero-order valence-corrected chi connectivity index (χ0v) is 15.5. The molecule has 1 aliphatic heterocycles. The third-order valence-corrected chi connectivity index (χ3v) is 5.12. The molecule has 5 nitrogen and oxygen atoms in total. The van der Waals surface area contributed by atoms with Crippen LogP contribution in [0.2, 0.25) is 5.02 Å². The van der Waals surface area contributed by atoms with E-state index in [1.165, 1.54) is 19.2 Å². The van der Waals surface area contributed by atoms with Gasteiger partial charge in [-0.15, -0.1) is 0 Å². The first-order valence-corrected chi connectivity index (χ1v) is 8.79. The van der Waals surface area contributed by atoms with Gasteiger partial charge in [-0.25, -0.2) is 14.4 Å². The number of imidazole rings is 1. The molecule has 0 unspecified atom stereocenters. The van der Waals surface area contributed by atoms with E-state index in [1.54, 1.807) is 6.07 Å². The van der Waals surface area contributed by atoms with Crippen LogP contribution in [0.4, 0.5) is 10.2 Å². The lowest BCUT2D eigenvalue weighted by Crippen LogP contribution is -2.21. The molecule has 0 aliphatic carbocycles. The number of aromatic nitrogens is 3. The van der Waals surface area contributed by atoms with Gasteiger partial charge in [-0.05, 0) is 44.0 Å². The minimum atomic E-state index is -0.385. The predicted molar refractivity (Wildman–Crippen MR) is 99.9 cm³/mol. The summed E-state index contributed by atoms with van der Waals surface area (Å²) in [5, 5.41) is 3.01. The first-order valence-electron chi connectivity index (χ1n) is 8.41. The Kier molecular flexibility index (Phi) is 3.77. The fourth-order valence-electron chi connectivity index (χ4n) is 3.62. The van der Waals surface area contributed by atoms with Crippen LogP contribution in [0.15, 0.2) is 24.4 Å². The highest BCUT2D eigenvalue weighted by atomic mass is 35.5.